The van der Waals surface area contributed by atoms with E-state index in [9.17, 15) is 0 Å². The van der Waals surface area contributed by atoms with Crippen molar-refractivity contribution in [1.29, 1.82) is 0 Å². The van der Waals surface area contributed by atoms with Crippen LogP contribution in [0.5, 0.6) is 0 Å². The summed E-state index contributed by atoms with van der Waals surface area (Å²) in [6.45, 7) is 1.29. The molecule has 0 aliphatic carbocycles. The third kappa shape index (κ3) is 4.56. The largest absolute Gasteiger partial charge is 0.381 e. The van der Waals surface area contributed by atoms with Crippen LogP contribution < -0.4 is 16.8 Å². The van der Waals surface area contributed by atoms with Gasteiger partial charge in [0.2, 0.25) is 0 Å². The Morgan fingerprint density at radius 3 is 2.16 bits per heavy atom. The van der Waals surface area contributed by atoms with Gasteiger partial charge in [-0.25, -0.2) is 0 Å². The third-order valence-electron chi connectivity index (χ3n) is 2.93. The summed E-state index contributed by atoms with van der Waals surface area (Å²) in [5.74, 6) is 0. The monoisotopic (exact) mass is 277 g/mol. The van der Waals surface area contributed by atoms with Crippen LogP contribution in [0.3, 0.4) is 0 Å². The van der Waals surface area contributed by atoms with Gasteiger partial charge in [-0.15, -0.1) is 12.4 Å². The van der Waals surface area contributed by atoms with E-state index in [1.54, 1.807) is 0 Å². The van der Waals surface area contributed by atoms with Crippen LogP contribution in [0.4, 0.5) is 5.69 Å². The standard InChI is InChI=1S/C15H19N3.ClH/c16-10-15(17)13-6-8-14(9-7-13)18-11-12-4-2-1-3-5-12;/h1-9,15,18H,10-11,16-17H2;1H/t15-;/m0./s1. The summed E-state index contributed by atoms with van der Waals surface area (Å²) in [7, 11) is 0. The van der Waals surface area contributed by atoms with Gasteiger partial charge in [0, 0.05) is 24.8 Å². The molecule has 5 N–H and O–H groups in total. The van der Waals surface area contributed by atoms with Gasteiger partial charge in [-0.2, -0.15) is 0 Å². The van der Waals surface area contributed by atoms with Gasteiger partial charge in [0.1, 0.15) is 0 Å². The highest BCUT2D eigenvalue weighted by Gasteiger charge is 2.02. The Hall–Kier alpha value is -1.55. The maximum absolute atomic E-state index is 5.86. The van der Waals surface area contributed by atoms with Crippen LogP contribution in [0.15, 0.2) is 54.6 Å². The topological polar surface area (TPSA) is 64.1 Å². The molecule has 4 heteroatoms. The molecule has 19 heavy (non-hydrogen) atoms. The average Bonchev–Trinajstić information content (AvgIpc) is 2.46. The fourth-order valence-corrected chi connectivity index (χ4v) is 1.78. The number of hydrogen-bond acceptors (Lipinski definition) is 3. The summed E-state index contributed by atoms with van der Waals surface area (Å²) in [4.78, 5) is 0. The second-order valence-corrected chi connectivity index (χ2v) is 4.30. The molecule has 2 aromatic carbocycles. The van der Waals surface area contributed by atoms with Crippen molar-refractivity contribution in [1.82, 2.24) is 0 Å². The van der Waals surface area contributed by atoms with Crippen molar-refractivity contribution in [3.8, 4) is 0 Å². The Balaban J connectivity index is 0.00000180. The quantitative estimate of drug-likeness (QED) is 0.787. The van der Waals surface area contributed by atoms with Crippen LogP contribution in [0.2, 0.25) is 0 Å². The molecule has 3 nitrogen and oxygen atoms in total. The Morgan fingerprint density at radius 1 is 0.947 bits per heavy atom. The van der Waals surface area contributed by atoms with Gasteiger partial charge >= 0.3 is 0 Å². The molecule has 0 saturated heterocycles. The van der Waals surface area contributed by atoms with Crippen LogP contribution >= 0.6 is 12.4 Å². The lowest BCUT2D eigenvalue weighted by atomic mass is 10.1. The second-order valence-electron chi connectivity index (χ2n) is 4.30. The van der Waals surface area contributed by atoms with Crippen LogP contribution in [0, 0.1) is 0 Å². The number of nitrogens with one attached hydrogen (secondary N) is 1. The Morgan fingerprint density at radius 2 is 1.58 bits per heavy atom. The van der Waals surface area contributed by atoms with Gasteiger partial charge in [-0.05, 0) is 23.3 Å². The van der Waals surface area contributed by atoms with E-state index in [2.05, 4.69) is 17.4 Å². The van der Waals surface area contributed by atoms with Crippen molar-refractivity contribution < 1.29 is 0 Å². The molecule has 0 amide bonds. The number of rotatable bonds is 5. The maximum Gasteiger partial charge on any atom is 0.0419 e. The molecule has 0 bridgehead atoms. The highest BCUT2D eigenvalue weighted by atomic mass is 35.5. The van der Waals surface area contributed by atoms with Crippen LogP contribution in [0.1, 0.15) is 17.2 Å². The number of hydrogen-bond donors (Lipinski definition) is 3. The molecule has 2 rings (SSSR count). The number of nitrogens with two attached hydrogens (primary N) is 2. The van der Waals surface area contributed by atoms with Crippen molar-refractivity contribution in [2.75, 3.05) is 11.9 Å². The normalized spacial score (nSPS) is 11.5. The Kier molecular flexibility index (Phi) is 6.36. The first-order chi connectivity index (χ1) is 8.79. The molecular weight excluding hydrogens is 258 g/mol. The van der Waals surface area contributed by atoms with E-state index in [0.717, 1.165) is 17.8 Å². The van der Waals surface area contributed by atoms with E-state index in [1.807, 2.05) is 42.5 Å². The third-order valence-corrected chi connectivity index (χ3v) is 2.93. The van der Waals surface area contributed by atoms with E-state index in [1.165, 1.54) is 5.56 Å². The molecule has 0 spiro atoms. The zero-order valence-corrected chi connectivity index (χ0v) is 11.6. The smallest absolute Gasteiger partial charge is 0.0419 e. The van der Waals surface area contributed by atoms with Gasteiger partial charge in [0.05, 0.1) is 0 Å². The van der Waals surface area contributed by atoms with Gasteiger partial charge < -0.3 is 16.8 Å². The first-order valence-corrected chi connectivity index (χ1v) is 6.13. The molecular formula is C15H20ClN3. The zero-order valence-electron chi connectivity index (χ0n) is 10.8. The average molecular weight is 278 g/mol. The number of benzene rings is 2. The molecule has 0 fully saturated rings. The van der Waals surface area contributed by atoms with Gasteiger partial charge in [-0.3, -0.25) is 0 Å². The van der Waals surface area contributed by atoms with E-state index >= 15 is 0 Å². The van der Waals surface area contributed by atoms with Gasteiger partial charge in [0.25, 0.3) is 0 Å². The van der Waals surface area contributed by atoms with E-state index in [0.29, 0.717) is 6.54 Å². The maximum atomic E-state index is 5.86. The summed E-state index contributed by atoms with van der Waals surface area (Å²) >= 11 is 0. The minimum Gasteiger partial charge on any atom is -0.381 e. The molecule has 0 saturated carbocycles. The molecule has 0 heterocycles. The van der Waals surface area contributed by atoms with Crippen molar-refractivity contribution in [3.63, 3.8) is 0 Å². The molecule has 1 atom stereocenters. The summed E-state index contributed by atoms with van der Waals surface area (Å²) in [5.41, 5.74) is 14.8. The van der Waals surface area contributed by atoms with Crippen molar-refractivity contribution >= 4 is 18.1 Å². The number of halogens is 1. The predicted molar refractivity (Wildman–Crippen MR) is 83.4 cm³/mol. The highest BCUT2D eigenvalue weighted by molar-refractivity contribution is 5.85. The van der Waals surface area contributed by atoms with Crippen molar-refractivity contribution in [3.05, 3.63) is 65.7 Å². The fraction of sp³-hybridized carbons (Fsp3) is 0.200. The van der Waals surface area contributed by atoms with E-state index in [4.69, 9.17) is 11.5 Å². The predicted octanol–water partition coefficient (Wildman–Crippen LogP) is 2.68. The Labute approximate surface area is 120 Å². The van der Waals surface area contributed by atoms with Crippen molar-refractivity contribution in [2.45, 2.75) is 12.6 Å². The van der Waals surface area contributed by atoms with E-state index in [-0.39, 0.29) is 18.4 Å². The van der Waals surface area contributed by atoms with Crippen molar-refractivity contribution in [2.24, 2.45) is 11.5 Å². The summed E-state index contributed by atoms with van der Waals surface area (Å²) in [6.07, 6.45) is 0. The molecule has 0 unspecified atom stereocenters. The Bertz CT molecular complexity index is 471. The van der Waals surface area contributed by atoms with Crippen LogP contribution in [-0.2, 0) is 6.54 Å². The van der Waals surface area contributed by atoms with Gasteiger partial charge in [-0.1, -0.05) is 42.5 Å². The molecule has 0 aliphatic rings. The molecule has 0 aromatic heterocycles. The van der Waals surface area contributed by atoms with Crippen LogP contribution in [0.25, 0.3) is 0 Å². The first kappa shape index (κ1) is 15.5. The summed E-state index contributed by atoms with van der Waals surface area (Å²) < 4.78 is 0. The molecule has 2 aromatic rings. The number of anilines is 1. The first-order valence-electron chi connectivity index (χ1n) is 6.13. The lowest BCUT2D eigenvalue weighted by Crippen LogP contribution is -2.20. The minimum atomic E-state index is -0.0758. The lowest BCUT2D eigenvalue weighted by Gasteiger charge is -2.11. The van der Waals surface area contributed by atoms with Gasteiger partial charge in [0.15, 0.2) is 0 Å². The van der Waals surface area contributed by atoms with Crippen LogP contribution in [-0.4, -0.2) is 6.54 Å². The minimum absolute atomic E-state index is 0. The van der Waals surface area contributed by atoms with E-state index < -0.39 is 0 Å². The highest BCUT2D eigenvalue weighted by Crippen LogP contribution is 2.14. The fourth-order valence-electron chi connectivity index (χ4n) is 1.78. The molecule has 102 valence electrons. The summed E-state index contributed by atoms with van der Waals surface area (Å²) in [5, 5.41) is 3.37. The zero-order chi connectivity index (χ0) is 12.8. The molecule has 0 radical (unpaired) electrons. The summed E-state index contributed by atoms with van der Waals surface area (Å²) in [6, 6.07) is 18.3. The molecule has 0 aliphatic heterocycles. The SMILES string of the molecule is Cl.NC[C@H](N)c1ccc(NCc2ccccc2)cc1. The lowest BCUT2D eigenvalue weighted by molar-refractivity contribution is 0.737. The second kappa shape index (κ2) is 7.79.